The van der Waals surface area contributed by atoms with Gasteiger partial charge in [0.1, 0.15) is 0 Å². The molecule has 0 aromatic rings. The van der Waals surface area contributed by atoms with Crippen molar-refractivity contribution in [3.05, 3.63) is 0 Å². The van der Waals surface area contributed by atoms with Crippen LogP contribution >= 0.6 is 23.2 Å². The fourth-order valence-electron chi connectivity index (χ4n) is 2.66. The van der Waals surface area contributed by atoms with Gasteiger partial charge in [-0.3, -0.25) is 0 Å². The molecule has 0 aliphatic heterocycles. The minimum Gasteiger partial charge on any atom is -0.126 e. The Balaban J connectivity index is 2.57. The number of rotatable bonds is 6. The molecule has 1 aliphatic rings. The van der Waals surface area contributed by atoms with Crippen LogP contribution in [0.25, 0.3) is 0 Å². The molecule has 0 N–H and O–H groups in total. The fourth-order valence-corrected chi connectivity index (χ4v) is 3.65. The zero-order chi connectivity index (χ0) is 10.4. The Hall–Kier alpha value is 0.580. The van der Waals surface area contributed by atoms with Crippen LogP contribution in [0.3, 0.4) is 0 Å². The van der Waals surface area contributed by atoms with Crippen molar-refractivity contribution in [3.8, 4) is 0 Å². The standard InChI is InChI=1S/C12H22Cl2/c1-2-3-8-12(9-13,10-14)11-6-4-5-7-11/h11H,2-10H2,1H3. The summed E-state index contributed by atoms with van der Waals surface area (Å²) in [6, 6.07) is 0. The number of hydrogen-bond acceptors (Lipinski definition) is 0. The topological polar surface area (TPSA) is 0 Å². The number of unbranched alkanes of at least 4 members (excludes halogenated alkanes) is 1. The van der Waals surface area contributed by atoms with Crippen molar-refractivity contribution in [1.29, 1.82) is 0 Å². The molecule has 0 heterocycles. The van der Waals surface area contributed by atoms with E-state index >= 15 is 0 Å². The summed E-state index contributed by atoms with van der Waals surface area (Å²) in [5, 5.41) is 0. The maximum absolute atomic E-state index is 6.16. The predicted octanol–water partition coefficient (Wildman–Crippen LogP) is 4.83. The summed E-state index contributed by atoms with van der Waals surface area (Å²) in [5.41, 5.74) is 0.246. The molecule has 14 heavy (non-hydrogen) atoms. The molecule has 1 aliphatic carbocycles. The van der Waals surface area contributed by atoms with Crippen LogP contribution in [0.4, 0.5) is 0 Å². The molecule has 84 valence electrons. The van der Waals surface area contributed by atoms with Crippen molar-refractivity contribution in [2.24, 2.45) is 11.3 Å². The van der Waals surface area contributed by atoms with Crippen LogP contribution in [0, 0.1) is 11.3 Å². The van der Waals surface area contributed by atoms with E-state index in [-0.39, 0.29) is 5.41 Å². The van der Waals surface area contributed by atoms with E-state index in [4.69, 9.17) is 23.2 Å². The van der Waals surface area contributed by atoms with Crippen LogP contribution < -0.4 is 0 Å². The van der Waals surface area contributed by atoms with Crippen LogP contribution in [0.5, 0.6) is 0 Å². The Morgan fingerprint density at radius 3 is 2.14 bits per heavy atom. The smallest absolute Gasteiger partial charge is 0.0294 e. The summed E-state index contributed by atoms with van der Waals surface area (Å²) in [6.45, 7) is 2.24. The molecular formula is C12H22Cl2. The summed E-state index contributed by atoms with van der Waals surface area (Å²) < 4.78 is 0. The molecule has 0 aromatic carbocycles. The third kappa shape index (κ3) is 2.79. The van der Waals surface area contributed by atoms with Crippen LogP contribution in [0.15, 0.2) is 0 Å². The molecule has 0 aromatic heterocycles. The van der Waals surface area contributed by atoms with Crippen molar-refractivity contribution < 1.29 is 0 Å². The maximum atomic E-state index is 6.16. The van der Waals surface area contributed by atoms with Gasteiger partial charge in [0.05, 0.1) is 0 Å². The first-order valence-corrected chi connectivity index (χ1v) is 6.98. The zero-order valence-electron chi connectivity index (χ0n) is 9.20. The van der Waals surface area contributed by atoms with Gasteiger partial charge >= 0.3 is 0 Å². The maximum Gasteiger partial charge on any atom is 0.0294 e. The SMILES string of the molecule is CCCCC(CCl)(CCl)C1CCCC1. The van der Waals surface area contributed by atoms with E-state index < -0.39 is 0 Å². The van der Waals surface area contributed by atoms with Gasteiger partial charge in [0.25, 0.3) is 0 Å². The Morgan fingerprint density at radius 2 is 1.71 bits per heavy atom. The highest BCUT2D eigenvalue weighted by molar-refractivity contribution is 6.21. The van der Waals surface area contributed by atoms with E-state index in [9.17, 15) is 0 Å². The molecule has 0 saturated heterocycles. The average Bonchev–Trinajstić information content (AvgIpc) is 2.74. The quantitative estimate of drug-likeness (QED) is 0.580. The second-order valence-corrected chi connectivity index (χ2v) is 5.25. The van der Waals surface area contributed by atoms with Gasteiger partial charge in [0, 0.05) is 17.2 Å². The van der Waals surface area contributed by atoms with Crippen LogP contribution in [-0.2, 0) is 0 Å². The van der Waals surface area contributed by atoms with Gasteiger partial charge in [-0.2, -0.15) is 0 Å². The van der Waals surface area contributed by atoms with Crippen molar-refractivity contribution >= 4 is 23.2 Å². The van der Waals surface area contributed by atoms with Gasteiger partial charge < -0.3 is 0 Å². The van der Waals surface area contributed by atoms with Gasteiger partial charge in [-0.1, -0.05) is 32.6 Å². The lowest BCUT2D eigenvalue weighted by molar-refractivity contribution is 0.203. The molecular weight excluding hydrogens is 215 g/mol. The molecule has 0 bridgehead atoms. The molecule has 1 fully saturated rings. The number of halogens is 2. The predicted molar refractivity (Wildman–Crippen MR) is 65.4 cm³/mol. The molecule has 1 saturated carbocycles. The van der Waals surface area contributed by atoms with E-state index in [1.807, 2.05) is 0 Å². The Kier molecular flexibility index (Phi) is 5.62. The summed E-state index contributed by atoms with van der Waals surface area (Å²) in [4.78, 5) is 0. The lowest BCUT2D eigenvalue weighted by Gasteiger charge is -2.36. The van der Waals surface area contributed by atoms with Gasteiger partial charge in [-0.05, 0) is 25.2 Å². The van der Waals surface area contributed by atoms with E-state index in [1.54, 1.807) is 0 Å². The van der Waals surface area contributed by atoms with Gasteiger partial charge in [0.15, 0.2) is 0 Å². The Morgan fingerprint density at radius 1 is 1.14 bits per heavy atom. The molecule has 0 radical (unpaired) electrons. The van der Waals surface area contributed by atoms with Gasteiger partial charge in [0.2, 0.25) is 0 Å². The molecule has 0 nitrogen and oxygen atoms in total. The Bertz CT molecular complexity index is 146. The van der Waals surface area contributed by atoms with Gasteiger partial charge in [-0.25, -0.2) is 0 Å². The largest absolute Gasteiger partial charge is 0.126 e. The first-order chi connectivity index (χ1) is 6.79. The number of alkyl halides is 2. The van der Waals surface area contributed by atoms with E-state index in [0.717, 1.165) is 17.7 Å². The van der Waals surface area contributed by atoms with Crippen molar-refractivity contribution in [1.82, 2.24) is 0 Å². The fraction of sp³-hybridized carbons (Fsp3) is 1.00. The second-order valence-electron chi connectivity index (χ2n) is 4.71. The summed E-state index contributed by atoms with van der Waals surface area (Å²) in [5.74, 6) is 2.30. The van der Waals surface area contributed by atoms with Crippen LogP contribution in [0.1, 0.15) is 51.9 Å². The Labute approximate surface area is 98.4 Å². The first kappa shape index (κ1) is 12.6. The minimum atomic E-state index is 0.246. The van der Waals surface area contributed by atoms with E-state index in [2.05, 4.69) is 6.92 Å². The highest BCUT2D eigenvalue weighted by Gasteiger charge is 2.38. The summed E-state index contributed by atoms with van der Waals surface area (Å²) in [6.07, 6.45) is 9.21. The molecule has 1 rings (SSSR count). The molecule has 0 atom stereocenters. The monoisotopic (exact) mass is 236 g/mol. The average molecular weight is 237 g/mol. The molecule has 0 spiro atoms. The molecule has 0 amide bonds. The van der Waals surface area contributed by atoms with E-state index in [1.165, 1.54) is 44.9 Å². The van der Waals surface area contributed by atoms with Crippen LogP contribution in [0.2, 0.25) is 0 Å². The van der Waals surface area contributed by atoms with Gasteiger partial charge in [-0.15, -0.1) is 23.2 Å². The van der Waals surface area contributed by atoms with Crippen LogP contribution in [-0.4, -0.2) is 11.8 Å². The lowest BCUT2D eigenvalue weighted by Crippen LogP contribution is -2.33. The number of hydrogen-bond donors (Lipinski definition) is 0. The second kappa shape index (κ2) is 6.23. The molecule has 2 heteroatoms. The van der Waals surface area contributed by atoms with Crippen molar-refractivity contribution in [3.63, 3.8) is 0 Å². The first-order valence-electron chi connectivity index (χ1n) is 5.91. The minimum absolute atomic E-state index is 0.246. The summed E-state index contributed by atoms with van der Waals surface area (Å²) >= 11 is 12.3. The zero-order valence-corrected chi connectivity index (χ0v) is 10.7. The lowest BCUT2D eigenvalue weighted by atomic mass is 9.74. The normalized spacial score (nSPS) is 19.1. The third-order valence-corrected chi connectivity index (χ3v) is 4.85. The van der Waals surface area contributed by atoms with Crippen molar-refractivity contribution in [2.75, 3.05) is 11.8 Å². The highest BCUT2D eigenvalue weighted by Crippen LogP contribution is 2.45. The van der Waals surface area contributed by atoms with Crippen molar-refractivity contribution in [2.45, 2.75) is 51.9 Å². The highest BCUT2D eigenvalue weighted by atomic mass is 35.5. The third-order valence-electron chi connectivity index (χ3n) is 3.78. The summed E-state index contributed by atoms with van der Waals surface area (Å²) in [7, 11) is 0. The molecule has 0 unspecified atom stereocenters. The van der Waals surface area contributed by atoms with E-state index in [0.29, 0.717) is 0 Å².